The SMILES string of the molecule is Cc1cc(C)cc(C(=O)NCC(=O)NCC(c2ccccc2)c2ccccc2)c1. The van der Waals surface area contributed by atoms with Gasteiger partial charge in [0.15, 0.2) is 0 Å². The van der Waals surface area contributed by atoms with E-state index in [-0.39, 0.29) is 24.3 Å². The molecule has 0 radical (unpaired) electrons. The number of nitrogens with one attached hydrogen (secondary N) is 2. The molecule has 3 rings (SSSR count). The molecule has 0 aliphatic heterocycles. The zero-order valence-electron chi connectivity index (χ0n) is 16.8. The monoisotopic (exact) mass is 386 g/mol. The van der Waals surface area contributed by atoms with Crippen LogP contribution in [0.4, 0.5) is 0 Å². The van der Waals surface area contributed by atoms with E-state index in [4.69, 9.17) is 0 Å². The van der Waals surface area contributed by atoms with E-state index < -0.39 is 0 Å². The van der Waals surface area contributed by atoms with Gasteiger partial charge in [0, 0.05) is 18.0 Å². The van der Waals surface area contributed by atoms with Crippen molar-refractivity contribution < 1.29 is 9.59 Å². The first-order valence-electron chi connectivity index (χ1n) is 9.76. The number of aryl methyl sites for hydroxylation is 2. The number of benzene rings is 3. The van der Waals surface area contributed by atoms with E-state index in [1.165, 1.54) is 0 Å². The lowest BCUT2D eigenvalue weighted by Crippen LogP contribution is -2.38. The second-order valence-corrected chi connectivity index (χ2v) is 7.24. The summed E-state index contributed by atoms with van der Waals surface area (Å²) in [5.74, 6) is -0.398. The number of hydrogen-bond donors (Lipinski definition) is 2. The normalized spacial score (nSPS) is 10.6. The van der Waals surface area contributed by atoms with Gasteiger partial charge in [-0.3, -0.25) is 9.59 Å². The van der Waals surface area contributed by atoms with Gasteiger partial charge < -0.3 is 10.6 Å². The molecule has 3 aromatic carbocycles. The first kappa shape index (κ1) is 20.3. The molecule has 0 fully saturated rings. The molecule has 4 heteroatoms. The molecule has 0 aromatic heterocycles. The minimum Gasteiger partial charge on any atom is -0.354 e. The van der Waals surface area contributed by atoms with E-state index in [0.717, 1.165) is 22.3 Å². The van der Waals surface area contributed by atoms with Crippen LogP contribution in [0.1, 0.15) is 38.5 Å². The lowest BCUT2D eigenvalue weighted by molar-refractivity contribution is -0.120. The summed E-state index contributed by atoms with van der Waals surface area (Å²) in [4.78, 5) is 24.7. The molecule has 0 saturated carbocycles. The molecule has 0 atom stereocenters. The van der Waals surface area contributed by atoms with Gasteiger partial charge >= 0.3 is 0 Å². The summed E-state index contributed by atoms with van der Waals surface area (Å²) in [6, 6.07) is 25.8. The average Bonchev–Trinajstić information content (AvgIpc) is 2.73. The third-order valence-corrected chi connectivity index (χ3v) is 4.80. The van der Waals surface area contributed by atoms with Crippen LogP contribution in [-0.4, -0.2) is 24.9 Å². The Kier molecular flexibility index (Phi) is 6.80. The third-order valence-electron chi connectivity index (χ3n) is 4.80. The number of carbonyl (C=O) groups is 2. The highest BCUT2D eigenvalue weighted by Gasteiger charge is 2.15. The Morgan fingerprint density at radius 2 is 1.28 bits per heavy atom. The van der Waals surface area contributed by atoms with Crippen molar-refractivity contribution >= 4 is 11.8 Å². The number of carbonyl (C=O) groups excluding carboxylic acids is 2. The fourth-order valence-electron chi connectivity index (χ4n) is 3.45. The van der Waals surface area contributed by atoms with Crippen LogP contribution in [0.2, 0.25) is 0 Å². The molecule has 0 heterocycles. The largest absolute Gasteiger partial charge is 0.354 e. The van der Waals surface area contributed by atoms with Crippen molar-refractivity contribution in [3.63, 3.8) is 0 Å². The molecule has 0 aliphatic rings. The number of amides is 2. The molecule has 0 aliphatic carbocycles. The molecule has 2 N–H and O–H groups in total. The Balaban J connectivity index is 1.60. The van der Waals surface area contributed by atoms with Crippen LogP contribution >= 0.6 is 0 Å². The zero-order chi connectivity index (χ0) is 20.6. The molecule has 2 amide bonds. The van der Waals surface area contributed by atoms with Gasteiger partial charge in [-0.15, -0.1) is 0 Å². The van der Waals surface area contributed by atoms with Gasteiger partial charge in [-0.1, -0.05) is 77.9 Å². The molecular formula is C25H26N2O2. The van der Waals surface area contributed by atoms with Crippen LogP contribution < -0.4 is 10.6 Å². The summed E-state index contributed by atoms with van der Waals surface area (Å²) in [7, 11) is 0. The Labute approximate surface area is 172 Å². The standard InChI is InChI=1S/C25H26N2O2/c1-18-13-19(2)15-22(14-18)25(29)27-17-24(28)26-16-23(20-9-5-3-6-10-20)21-11-7-4-8-12-21/h3-15,23H,16-17H2,1-2H3,(H,26,28)(H,27,29). The quantitative estimate of drug-likeness (QED) is 0.645. The molecule has 0 spiro atoms. The highest BCUT2D eigenvalue weighted by atomic mass is 16.2. The third kappa shape index (κ3) is 5.79. The van der Waals surface area contributed by atoms with Gasteiger partial charge in [0.05, 0.1) is 6.54 Å². The maximum absolute atomic E-state index is 12.4. The molecule has 4 nitrogen and oxygen atoms in total. The maximum Gasteiger partial charge on any atom is 0.251 e. The van der Waals surface area contributed by atoms with Crippen LogP contribution in [0.25, 0.3) is 0 Å². The second-order valence-electron chi connectivity index (χ2n) is 7.24. The first-order chi connectivity index (χ1) is 14.0. The van der Waals surface area contributed by atoms with E-state index in [1.807, 2.05) is 68.4 Å². The molecule has 148 valence electrons. The van der Waals surface area contributed by atoms with Crippen LogP contribution in [0.5, 0.6) is 0 Å². The summed E-state index contributed by atoms with van der Waals surface area (Å²) in [5.41, 5.74) is 4.89. The second kappa shape index (κ2) is 9.69. The van der Waals surface area contributed by atoms with Crippen molar-refractivity contribution in [3.05, 3.63) is 107 Å². The molecule has 0 unspecified atom stereocenters. The number of rotatable bonds is 7. The van der Waals surface area contributed by atoms with Gasteiger partial charge in [0.25, 0.3) is 5.91 Å². The van der Waals surface area contributed by atoms with E-state index in [9.17, 15) is 9.59 Å². The molecule has 0 saturated heterocycles. The maximum atomic E-state index is 12.4. The highest BCUT2D eigenvalue weighted by molar-refractivity contribution is 5.96. The van der Waals surface area contributed by atoms with E-state index in [1.54, 1.807) is 0 Å². The predicted octanol–water partition coefficient (Wildman–Crippen LogP) is 3.98. The Morgan fingerprint density at radius 1 is 0.759 bits per heavy atom. The Bertz CT molecular complexity index is 909. The molecule has 29 heavy (non-hydrogen) atoms. The van der Waals surface area contributed by atoms with E-state index in [2.05, 4.69) is 34.9 Å². The minimum atomic E-state index is -0.241. The van der Waals surface area contributed by atoms with Crippen molar-refractivity contribution in [2.45, 2.75) is 19.8 Å². The van der Waals surface area contributed by atoms with Crippen LogP contribution in [0.3, 0.4) is 0 Å². The smallest absolute Gasteiger partial charge is 0.251 e. The van der Waals surface area contributed by atoms with Gasteiger partial charge in [-0.25, -0.2) is 0 Å². The molecule has 3 aromatic rings. The first-order valence-corrected chi connectivity index (χ1v) is 9.76. The van der Waals surface area contributed by atoms with Gasteiger partial charge in [-0.2, -0.15) is 0 Å². The highest BCUT2D eigenvalue weighted by Crippen LogP contribution is 2.23. The summed E-state index contributed by atoms with van der Waals surface area (Å²) >= 11 is 0. The summed E-state index contributed by atoms with van der Waals surface area (Å²) in [6.07, 6.45) is 0. The molecular weight excluding hydrogens is 360 g/mol. The fourth-order valence-corrected chi connectivity index (χ4v) is 3.45. The van der Waals surface area contributed by atoms with Crippen molar-refractivity contribution in [1.29, 1.82) is 0 Å². The Hall–Kier alpha value is -3.40. The van der Waals surface area contributed by atoms with Crippen molar-refractivity contribution in [3.8, 4) is 0 Å². The van der Waals surface area contributed by atoms with Gasteiger partial charge in [0.1, 0.15) is 0 Å². The van der Waals surface area contributed by atoms with E-state index >= 15 is 0 Å². The van der Waals surface area contributed by atoms with Crippen molar-refractivity contribution in [2.75, 3.05) is 13.1 Å². The summed E-state index contributed by atoms with van der Waals surface area (Å²) < 4.78 is 0. The lowest BCUT2D eigenvalue weighted by Gasteiger charge is -2.19. The topological polar surface area (TPSA) is 58.2 Å². The summed E-state index contributed by atoms with van der Waals surface area (Å²) in [6.45, 7) is 4.31. The van der Waals surface area contributed by atoms with Crippen LogP contribution in [-0.2, 0) is 4.79 Å². The summed E-state index contributed by atoms with van der Waals surface area (Å²) in [5, 5.41) is 5.66. The Morgan fingerprint density at radius 3 is 1.79 bits per heavy atom. The van der Waals surface area contributed by atoms with Crippen molar-refractivity contribution in [1.82, 2.24) is 10.6 Å². The van der Waals surface area contributed by atoms with Gasteiger partial charge in [-0.05, 0) is 37.1 Å². The van der Waals surface area contributed by atoms with E-state index in [0.29, 0.717) is 12.1 Å². The average molecular weight is 386 g/mol. The number of hydrogen-bond acceptors (Lipinski definition) is 2. The van der Waals surface area contributed by atoms with Gasteiger partial charge in [0.2, 0.25) is 5.91 Å². The van der Waals surface area contributed by atoms with Crippen LogP contribution in [0.15, 0.2) is 78.9 Å². The van der Waals surface area contributed by atoms with Crippen LogP contribution in [0, 0.1) is 13.8 Å². The molecule has 0 bridgehead atoms. The zero-order valence-corrected chi connectivity index (χ0v) is 16.8. The lowest BCUT2D eigenvalue weighted by atomic mass is 9.91. The minimum absolute atomic E-state index is 0.0523. The van der Waals surface area contributed by atoms with Crippen molar-refractivity contribution in [2.24, 2.45) is 0 Å². The fraction of sp³-hybridized carbons (Fsp3) is 0.200. The predicted molar refractivity (Wildman–Crippen MR) is 116 cm³/mol.